The fourth-order valence-electron chi connectivity index (χ4n) is 3.97. The smallest absolute Gasteiger partial charge is 0.231 e. The molecule has 0 saturated carbocycles. The van der Waals surface area contributed by atoms with Crippen LogP contribution in [0.1, 0.15) is 5.56 Å². The fourth-order valence-corrected chi connectivity index (χ4v) is 3.97. The lowest BCUT2D eigenvalue weighted by Crippen LogP contribution is -2.31. The van der Waals surface area contributed by atoms with E-state index in [0.717, 1.165) is 38.9 Å². The van der Waals surface area contributed by atoms with Gasteiger partial charge in [-0.2, -0.15) is 0 Å². The molecule has 0 fully saturated rings. The second-order valence-corrected chi connectivity index (χ2v) is 7.59. The zero-order valence-electron chi connectivity index (χ0n) is 16.9. The van der Waals surface area contributed by atoms with Gasteiger partial charge in [-0.25, -0.2) is 0 Å². The van der Waals surface area contributed by atoms with Crippen LogP contribution in [0.4, 0.5) is 0 Å². The Morgan fingerprint density at radius 1 is 1.06 bits per heavy atom. The predicted octanol–water partition coefficient (Wildman–Crippen LogP) is 3.33. The molecule has 7 nitrogen and oxygen atoms in total. The highest BCUT2D eigenvalue weighted by molar-refractivity contribution is 6.11. The Kier molecular flexibility index (Phi) is 5.28. The first-order valence-corrected chi connectivity index (χ1v) is 10.3. The van der Waals surface area contributed by atoms with E-state index in [-0.39, 0.29) is 12.5 Å². The van der Waals surface area contributed by atoms with E-state index in [4.69, 9.17) is 14.2 Å². The summed E-state index contributed by atoms with van der Waals surface area (Å²) in [6.07, 6.45) is -0.0932. The summed E-state index contributed by atoms with van der Waals surface area (Å²) < 4.78 is 16.4. The second-order valence-electron chi connectivity index (χ2n) is 7.59. The third-order valence-electron chi connectivity index (χ3n) is 5.45. The number of aromatic amines is 1. The van der Waals surface area contributed by atoms with Gasteiger partial charge in [0.25, 0.3) is 0 Å². The van der Waals surface area contributed by atoms with Gasteiger partial charge in [0, 0.05) is 41.9 Å². The Balaban J connectivity index is 1.15. The van der Waals surface area contributed by atoms with E-state index in [2.05, 4.69) is 10.3 Å². The van der Waals surface area contributed by atoms with Crippen molar-refractivity contribution in [1.82, 2.24) is 10.3 Å². The van der Waals surface area contributed by atoms with E-state index in [1.165, 1.54) is 0 Å². The molecular weight excluding hydrogens is 396 g/mol. The number of phenols is 1. The van der Waals surface area contributed by atoms with Crippen LogP contribution in [-0.4, -0.2) is 47.8 Å². The Morgan fingerprint density at radius 2 is 1.94 bits per heavy atom. The predicted molar refractivity (Wildman–Crippen MR) is 118 cm³/mol. The molecule has 0 saturated heterocycles. The summed E-state index contributed by atoms with van der Waals surface area (Å²) in [5.74, 6) is 2.38. The topological polar surface area (TPSA) is 96.0 Å². The normalized spacial score (nSPS) is 13.7. The molecule has 0 bridgehead atoms. The summed E-state index contributed by atoms with van der Waals surface area (Å²) in [5.41, 5.74) is 2.80. The summed E-state index contributed by atoms with van der Waals surface area (Å²) in [5, 5.41) is 25.9. The molecule has 0 spiro atoms. The molecule has 1 aromatic heterocycles. The van der Waals surface area contributed by atoms with Gasteiger partial charge in [0.05, 0.1) is 11.6 Å². The first-order valence-electron chi connectivity index (χ1n) is 10.3. The van der Waals surface area contributed by atoms with Crippen molar-refractivity contribution >= 4 is 21.8 Å². The van der Waals surface area contributed by atoms with Crippen molar-refractivity contribution in [2.24, 2.45) is 0 Å². The van der Waals surface area contributed by atoms with Gasteiger partial charge < -0.3 is 34.7 Å². The number of para-hydroxylation sites is 1. The number of rotatable bonds is 8. The van der Waals surface area contributed by atoms with Crippen molar-refractivity contribution < 1.29 is 24.4 Å². The van der Waals surface area contributed by atoms with E-state index in [1.54, 1.807) is 6.07 Å². The van der Waals surface area contributed by atoms with Gasteiger partial charge in [0.2, 0.25) is 6.79 Å². The van der Waals surface area contributed by atoms with Crippen molar-refractivity contribution in [3.63, 3.8) is 0 Å². The first-order chi connectivity index (χ1) is 15.2. The van der Waals surface area contributed by atoms with E-state index in [0.29, 0.717) is 31.9 Å². The van der Waals surface area contributed by atoms with Crippen LogP contribution in [-0.2, 0) is 6.42 Å². The Bertz CT molecular complexity index is 1220. The molecule has 3 aromatic carbocycles. The Hall–Kier alpha value is -3.42. The van der Waals surface area contributed by atoms with Crippen molar-refractivity contribution in [3.05, 3.63) is 60.2 Å². The zero-order valence-corrected chi connectivity index (χ0v) is 16.9. The molecule has 0 aliphatic carbocycles. The number of ether oxygens (including phenoxy) is 3. The lowest BCUT2D eigenvalue weighted by Gasteiger charge is -2.13. The standard InChI is InChI=1S/C24H24N2O5/c27-16(13-25-9-10-29-17-6-8-21-22(12-17)31-14-30-21)11-15-5-7-20(28)23-18-3-1-2-4-19(18)26-24(15)23/h1-8,12,16,25-28H,9-11,13-14H2. The lowest BCUT2D eigenvalue weighted by molar-refractivity contribution is 0.169. The number of benzene rings is 3. The van der Waals surface area contributed by atoms with Crippen LogP contribution in [0.25, 0.3) is 21.8 Å². The summed E-state index contributed by atoms with van der Waals surface area (Å²) in [4.78, 5) is 3.37. The van der Waals surface area contributed by atoms with E-state index >= 15 is 0 Å². The molecular formula is C24H24N2O5. The molecule has 1 unspecified atom stereocenters. The molecule has 0 amide bonds. The summed E-state index contributed by atoms with van der Waals surface area (Å²) in [7, 11) is 0. The average Bonchev–Trinajstić information content (AvgIpc) is 3.40. The maximum absolute atomic E-state index is 10.5. The Labute approximate surface area is 179 Å². The largest absolute Gasteiger partial charge is 0.507 e. The van der Waals surface area contributed by atoms with Crippen molar-refractivity contribution in [1.29, 1.82) is 0 Å². The van der Waals surface area contributed by atoms with Crippen molar-refractivity contribution in [2.45, 2.75) is 12.5 Å². The van der Waals surface area contributed by atoms with Crippen molar-refractivity contribution in [2.75, 3.05) is 26.5 Å². The van der Waals surface area contributed by atoms with Gasteiger partial charge in [0.15, 0.2) is 11.5 Å². The summed E-state index contributed by atoms with van der Waals surface area (Å²) >= 11 is 0. The molecule has 1 aliphatic heterocycles. The SMILES string of the molecule is Oc1ccc(CC(O)CNCCOc2ccc3c(c2)OCO3)c2[nH]c3ccccc3c12. The highest BCUT2D eigenvalue weighted by Gasteiger charge is 2.15. The lowest BCUT2D eigenvalue weighted by atomic mass is 10.0. The maximum atomic E-state index is 10.5. The molecule has 1 aliphatic rings. The number of hydrogen-bond donors (Lipinski definition) is 4. The van der Waals surface area contributed by atoms with Crippen LogP contribution in [0.2, 0.25) is 0 Å². The monoisotopic (exact) mass is 420 g/mol. The maximum Gasteiger partial charge on any atom is 0.231 e. The number of nitrogens with one attached hydrogen (secondary N) is 2. The fraction of sp³-hybridized carbons (Fsp3) is 0.250. The van der Waals surface area contributed by atoms with Crippen LogP contribution in [0.5, 0.6) is 23.0 Å². The summed E-state index contributed by atoms with van der Waals surface area (Å²) in [6, 6.07) is 16.9. The number of aromatic nitrogens is 1. The number of hydrogen-bond acceptors (Lipinski definition) is 6. The van der Waals surface area contributed by atoms with Gasteiger partial charge in [-0.3, -0.25) is 0 Å². The van der Waals surface area contributed by atoms with Crippen LogP contribution in [0, 0.1) is 0 Å². The number of H-pyrrole nitrogens is 1. The van der Waals surface area contributed by atoms with Crippen molar-refractivity contribution in [3.8, 4) is 23.0 Å². The quantitative estimate of drug-likeness (QED) is 0.327. The number of aliphatic hydroxyl groups is 1. The van der Waals surface area contributed by atoms with E-state index in [9.17, 15) is 10.2 Å². The molecule has 4 aromatic rings. The molecule has 0 radical (unpaired) electrons. The molecule has 7 heteroatoms. The van der Waals surface area contributed by atoms with E-state index < -0.39 is 6.10 Å². The molecule has 4 N–H and O–H groups in total. The minimum Gasteiger partial charge on any atom is -0.507 e. The van der Waals surface area contributed by atoms with Gasteiger partial charge >= 0.3 is 0 Å². The second kappa shape index (κ2) is 8.37. The molecule has 1 atom stereocenters. The van der Waals surface area contributed by atoms with Crippen LogP contribution in [0.3, 0.4) is 0 Å². The minimum atomic E-state index is -0.565. The van der Waals surface area contributed by atoms with E-state index in [1.807, 2.05) is 48.5 Å². The van der Waals surface area contributed by atoms with Crippen LogP contribution in [0.15, 0.2) is 54.6 Å². The molecule has 160 valence electrons. The van der Waals surface area contributed by atoms with Crippen LogP contribution < -0.4 is 19.5 Å². The third-order valence-corrected chi connectivity index (χ3v) is 5.45. The molecule has 2 heterocycles. The van der Waals surface area contributed by atoms with Gasteiger partial charge in [0.1, 0.15) is 18.1 Å². The van der Waals surface area contributed by atoms with Gasteiger partial charge in [-0.15, -0.1) is 0 Å². The highest BCUT2D eigenvalue weighted by Crippen LogP contribution is 2.35. The molecule has 31 heavy (non-hydrogen) atoms. The number of fused-ring (bicyclic) bond motifs is 4. The average molecular weight is 420 g/mol. The Morgan fingerprint density at radius 3 is 2.87 bits per heavy atom. The number of aromatic hydroxyl groups is 1. The van der Waals surface area contributed by atoms with Gasteiger partial charge in [-0.05, 0) is 29.8 Å². The third kappa shape index (κ3) is 3.97. The number of aliphatic hydroxyl groups excluding tert-OH is 1. The van der Waals surface area contributed by atoms with Crippen LogP contribution >= 0.6 is 0 Å². The van der Waals surface area contributed by atoms with Gasteiger partial charge in [-0.1, -0.05) is 24.3 Å². The first kappa shape index (κ1) is 19.5. The highest BCUT2D eigenvalue weighted by atomic mass is 16.7. The number of phenolic OH excluding ortho intramolecular Hbond substituents is 1. The zero-order chi connectivity index (χ0) is 21.2. The minimum absolute atomic E-state index is 0.240. The summed E-state index contributed by atoms with van der Waals surface area (Å²) in [6.45, 7) is 1.75. The molecule has 5 rings (SSSR count).